The van der Waals surface area contributed by atoms with E-state index >= 15 is 0 Å². The molecule has 2 amide bonds. The number of thiophene rings is 1. The summed E-state index contributed by atoms with van der Waals surface area (Å²) in [5.41, 5.74) is 0.784. The van der Waals surface area contributed by atoms with Gasteiger partial charge in [0.15, 0.2) is 0 Å². The maximum atomic E-state index is 13.7. The molecule has 7 heteroatoms. The predicted molar refractivity (Wildman–Crippen MR) is 74.7 cm³/mol. The van der Waals surface area contributed by atoms with E-state index in [4.69, 9.17) is 0 Å². The average Bonchev–Trinajstić information content (AvgIpc) is 2.95. The summed E-state index contributed by atoms with van der Waals surface area (Å²) in [6, 6.07) is 5.62. The minimum atomic E-state index is -0.765. The Morgan fingerprint density at radius 3 is 2.65 bits per heavy atom. The van der Waals surface area contributed by atoms with Crippen molar-refractivity contribution in [2.75, 3.05) is 17.7 Å². The van der Waals surface area contributed by atoms with E-state index in [1.54, 1.807) is 16.8 Å². The second-order valence-corrected chi connectivity index (χ2v) is 4.56. The summed E-state index contributed by atoms with van der Waals surface area (Å²) in [5, 5.41) is 8.25. The molecule has 0 aliphatic carbocycles. The first-order chi connectivity index (χ1) is 9.60. The zero-order valence-electron chi connectivity index (χ0n) is 10.5. The van der Waals surface area contributed by atoms with Crippen LogP contribution in [0.3, 0.4) is 0 Å². The lowest BCUT2D eigenvalue weighted by Crippen LogP contribution is -2.13. The van der Waals surface area contributed by atoms with Crippen molar-refractivity contribution >= 4 is 34.7 Å². The van der Waals surface area contributed by atoms with Gasteiger partial charge in [0.25, 0.3) is 5.91 Å². The van der Waals surface area contributed by atoms with E-state index in [9.17, 15) is 14.0 Å². The number of carbonyl (C=O) groups excluding carboxylic acids is 2. The maximum absolute atomic E-state index is 13.7. The molecule has 2 N–H and O–H groups in total. The third-order valence-electron chi connectivity index (χ3n) is 2.43. The molecule has 5 nitrogen and oxygen atoms in total. The largest absolute Gasteiger partial charge is 0.453 e. The van der Waals surface area contributed by atoms with Crippen LogP contribution in [-0.2, 0) is 4.74 Å². The van der Waals surface area contributed by atoms with Gasteiger partial charge in [0.05, 0.1) is 18.4 Å². The Bertz CT molecular complexity index is 629. The number of halogens is 1. The fourth-order valence-corrected chi connectivity index (χ4v) is 2.09. The summed E-state index contributed by atoms with van der Waals surface area (Å²) >= 11 is 1.40. The molecule has 0 spiro atoms. The fourth-order valence-electron chi connectivity index (χ4n) is 1.45. The lowest BCUT2D eigenvalue weighted by atomic mass is 10.2. The number of anilines is 2. The summed E-state index contributed by atoms with van der Waals surface area (Å²) in [6.45, 7) is 0. The van der Waals surface area contributed by atoms with Gasteiger partial charge in [-0.2, -0.15) is 11.3 Å². The second kappa shape index (κ2) is 6.16. The standard InChI is InChI=1S/C13H11FN2O3S/c1-19-13(18)16-11-3-2-9(6-10(11)14)15-12(17)8-4-5-20-7-8/h2-7H,1H3,(H,15,17)(H,16,18). The first-order valence-electron chi connectivity index (χ1n) is 5.58. The van der Waals surface area contributed by atoms with E-state index < -0.39 is 11.9 Å². The highest BCUT2D eigenvalue weighted by Gasteiger charge is 2.10. The topological polar surface area (TPSA) is 67.4 Å². The highest BCUT2D eigenvalue weighted by molar-refractivity contribution is 7.08. The number of hydrogen-bond donors (Lipinski definition) is 2. The van der Waals surface area contributed by atoms with Gasteiger partial charge in [-0.25, -0.2) is 9.18 Å². The summed E-state index contributed by atoms with van der Waals surface area (Å²) < 4.78 is 18.1. The van der Waals surface area contributed by atoms with Crippen LogP contribution in [-0.4, -0.2) is 19.1 Å². The third kappa shape index (κ3) is 3.33. The molecule has 1 heterocycles. The van der Waals surface area contributed by atoms with Crippen LogP contribution in [0.2, 0.25) is 0 Å². The van der Waals surface area contributed by atoms with Crippen molar-refractivity contribution in [1.29, 1.82) is 0 Å². The van der Waals surface area contributed by atoms with E-state index in [0.717, 1.165) is 6.07 Å². The highest BCUT2D eigenvalue weighted by Crippen LogP contribution is 2.20. The molecule has 0 saturated carbocycles. The lowest BCUT2D eigenvalue weighted by Gasteiger charge is -2.08. The van der Waals surface area contributed by atoms with Crippen LogP contribution >= 0.6 is 11.3 Å². The zero-order chi connectivity index (χ0) is 14.5. The number of ether oxygens (including phenoxy) is 1. The molecule has 0 fully saturated rings. The molecule has 2 aromatic rings. The zero-order valence-corrected chi connectivity index (χ0v) is 11.3. The Morgan fingerprint density at radius 2 is 2.05 bits per heavy atom. The SMILES string of the molecule is COC(=O)Nc1ccc(NC(=O)c2ccsc2)cc1F. The molecular formula is C13H11FN2O3S. The second-order valence-electron chi connectivity index (χ2n) is 3.78. The Labute approximate surface area is 118 Å². The Hall–Kier alpha value is -2.41. The molecule has 0 radical (unpaired) electrons. The highest BCUT2D eigenvalue weighted by atomic mass is 32.1. The number of amides is 2. The third-order valence-corrected chi connectivity index (χ3v) is 3.12. The Kier molecular flexibility index (Phi) is 4.31. The van der Waals surface area contributed by atoms with E-state index in [1.165, 1.54) is 30.6 Å². The molecule has 104 valence electrons. The number of rotatable bonds is 3. The van der Waals surface area contributed by atoms with Crippen LogP contribution in [0.4, 0.5) is 20.6 Å². The number of nitrogens with one attached hydrogen (secondary N) is 2. The van der Waals surface area contributed by atoms with Crippen molar-refractivity contribution in [3.05, 3.63) is 46.4 Å². The quantitative estimate of drug-likeness (QED) is 0.912. The van der Waals surface area contributed by atoms with E-state index in [1.807, 2.05) is 0 Å². The summed E-state index contributed by atoms with van der Waals surface area (Å²) in [5.74, 6) is -0.988. The molecule has 0 saturated heterocycles. The van der Waals surface area contributed by atoms with Crippen LogP contribution in [0.25, 0.3) is 0 Å². The first kappa shape index (κ1) is 14.0. The van der Waals surface area contributed by atoms with Crippen LogP contribution in [0, 0.1) is 5.82 Å². The van der Waals surface area contributed by atoms with E-state index in [0.29, 0.717) is 11.3 Å². The summed E-state index contributed by atoms with van der Waals surface area (Å²) in [6.07, 6.45) is -0.765. The molecule has 0 unspecified atom stereocenters. The molecule has 1 aromatic heterocycles. The minimum absolute atomic E-state index is 0.0228. The van der Waals surface area contributed by atoms with Gasteiger partial charge < -0.3 is 10.1 Å². The molecule has 0 aliphatic heterocycles. The number of benzene rings is 1. The van der Waals surface area contributed by atoms with Gasteiger partial charge in [0.2, 0.25) is 0 Å². The van der Waals surface area contributed by atoms with Crippen LogP contribution in [0.15, 0.2) is 35.0 Å². The fraction of sp³-hybridized carbons (Fsp3) is 0.0769. The molecule has 1 aromatic carbocycles. The normalized spacial score (nSPS) is 9.90. The van der Waals surface area contributed by atoms with Crippen LogP contribution in [0.1, 0.15) is 10.4 Å². The predicted octanol–water partition coefficient (Wildman–Crippen LogP) is 3.32. The summed E-state index contributed by atoms with van der Waals surface area (Å²) in [4.78, 5) is 22.8. The maximum Gasteiger partial charge on any atom is 0.411 e. The van der Waals surface area contributed by atoms with Gasteiger partial charge in [-0.3, -0.25) is 10.1 Å². The minimum Gasteiger partial charge on any atom is -0.453 e. The van der Waals surface area contributed by atoms with Gasteiger partial charge in [0.1, 0.15) is 5.82 Å². The van der Waals surface area contributed by atoms with Gasteiger partial charge in [0, 0.05) is 11.1 Å². The molecule has 2 rings (SSSR count). The molecular weight excluding hydrogens is 283 g/mol. The number of methoxy groups -OCH3 is 1. The van der Waals surface area contributed by atoms with Crippen LogP contribution in [0.5, 0.6) is 0 Å². The van der Waals surface area contributed by atoms with Crippen molar-refractivity contribution in [3.63, 3.8) is 0 Å². The lowest BCUT2D eigenvalue weighted by molar-refractivity contribution is 0.102. The smallest absolute Gasteiger partial charge is 0.411 e. The van der Waals surface area contributed by atoms with E-state index in [-0.39, 0.29) is 11.6 Å². The molecule has 0 atom stereocenters. The molecule has 0 aliphatic rings. The number of carbonyl (C=O) groups is 2. The molecule has 0 bridgehead atoms. The van der Waals surface area contributed by atoms with Crippen molar-refractivity contribution in [2.24, 2.45) is 0 Å². The monoisotopic (exact) mass is 294 g/mol. The van der Waals surface area contributed by atoms with Gasteiger partial charge in [-0.05, 0) is 29.6 Å². The van der Waals surface area contributed by atoms with Crippen molar-refractivity contribution < 1.29 is 18.7 Å². The Balaban J connectivity index is 2.09. The molecule has 20 heavy (non-hydrogen) atoms. The van der Waals surface area contributed by atoms with Crippen molar-refractivity contribution in [2.45, 2.75) is 0 Å². The van der Waals surface area contributed by atoms with Gasteiger partial charge in [-0.15, -0.1) is 0 Å². The summed E-state index contributed by atoms with van der Waals surface area (Å²) in [7, 11) is 1.18. The number of hydrogen-bond acceptors (Lipinski definition) is 4. The van der Waals surface area contributed by atoms with E-state index in [2.05, 4.69) is 15.4 Å². The van der Waals surface area contributed by atoms with Crippen molar-refractivity contribution in [1.82, 2.24) is 0 Å². The van der Waals surface area contributed by atoms with Gasteiger partial charge >= 0.3 is 6.09 Å². The average molecular weight is 294 g/mol. The Morgan fingerprint density at radius 1 is 1.25 bits per heavy atom. The first-order valence-corrected chi connectivity index (χ1v) is 6.52. The van der Waals surface area contributed by atoms with Gasteiger partial charge in [-0.1, -0.05) is 0 Å². The van der Waals surface area contributed by atoms with Crippen LogP contribution < -0.4 is 10.6 Å². The van der Waals surface area contributed by atoms with Crippen molar-refractivity contribution in [3.8, 4) is 0 Å².